The van der Waals surface area contributed by atoms with E-state index in [9.17, 15) is 9.90 Å². The number of thiol groups is 1. The van der Waals surface area contributed by atoms with Crippen molar-refractivity contribution >= 4 is 25.0 Å². The Kier molecular flexibility index (Phi) is 4.92. The summed E-state index contributed by atoms with van der Waals surface area (Å²) in [6.45, 7) is 0. The van der Waals surface area contributed by atoms with Crippen molar-refractivity contribution in [2.45, 2.75) is 6.42 Å². The predicted octanol–water partition coefficient (Wildman–Crippen LogP) is 2.55. The standard InChI is InChI=1S/C12H14O3S/c1-15-11-7-9(8-13)6-10(12(11)14)4-2-3-5-16/h2,4,6-8,14,16H,3,5H2,1H3. The maximum atomic E-state index is 10.7. The van der Waals surface area contributed by atoms with Crippen LogP contribution in [0.4, 0.5) is 0 Å². The molecule has 0 aliphatic heterocycles. The minimum atomic E-state index is 0.0449. The van der Waals surface area contributed by atoms with E-state index in [1.165, 1.54) is 13.2 Å². The maximum Gasteiger partial charge on any atom is 0.165 e. The molecule has 86 valence electrons. The lowest BCUT2D eigenvalue weighted by Gasteiger charge is -2.07. The van der Waals surface area contributed by atoms with E-state index in [1.807, 2.05) is 6.08 Å². The van der Waals surface area contributed by atoms with Crippen LogP contribution in [0.25, 0.3) is 6.08 Å². The van der Waals surface area contributed by atoms with Gasteiger partial charge in [0.05, 0.1) is 7.11 Å². The minimum absolute atomic E-state index is 0.0449. The number of hydrogen-bond donors (Lipinski definition) is 2. The number of allylic oxidation sites excluding steroid dienone is 1. The molecule has 0 bridgehead atoms. The number of phenolic OH excluding ortho intramolecular Hbond substituents is 1. The highest BCUT2D eigenvalue weighted by Gasteiger charge is 2.07. The Morgan fingerprint density at radius 2 is 2.25 bits per heavy atom. The molecule has 0 spiro atoms. The number of aldehydes is 1. The van der Waals surface area contributed by atoms with Crippen molar-refractivity contribution in [1.29, 1.82) is 0 Å². The van der Waals surface area contributed by atoms with Gasteiger partial charge < -0.3 is 9.84 Å². The fourth-order valence-electron chi connectivity index (χ4n) is 1.29. The largest absolute Gasteiger partial charge is 0.504 e. The minimum Gasteiger partial charge on any atom is -0.504 e. The summed E-state index contributed by atoms with van der Waals surface area (Å²) >= 11 is 4.08. The van der Waals surface area contributed by atoms with Crippen LogP contribution in [0.3, 0.4) is 0 Å². The average molecular weight is 238 g/mol. The lowest BCUT2D eigenvalue weighted by molar-refractivity contribution is 0.112. The first-order valence-corrected chi connectivity index (χ1v) is 5.49. The fourth-order valence-corrected chi connectivity index (χ4v) is 1.44. The maximum absolute atomic E-state index is 10.7. The van der Waals surface area contributed by atoms with Crippen LogP contribution in [-0.2, 0) is 0 Å². The van der Waals surface area contributed by atoms with Crippen molar-refractivity contribution in [2.24, 2.45) is 0 Å². The molecule has 3 nitrogen and oxygen atoms in total. The Bertz CT molecular complexity index is 399. The molecule has 0 aliphatic rings. The zero-order valence-electron chi connectivity index (χ0n) is 9.01. The third-order valence-electron chi connectivity index (χ3n) is 2.08. The monoisotopic (exact) mass is 238 g/mol. The van der Waals surface area contributed by atoms with E-state index < -0.39 is 0 Å². The van der Waals surface area contributed by atoms with Gasteiger partial charge in [-0.25, -0.2) is 0 Å². The molecule has 1 aromatic carbocycles. The fraction of sp³-hybridized carbons (Fsp3) is 0.250. The van der Waals surface area contributed by atoms with Gasteiger partial charge in [-0.2, -0.15) is 12.6 Å². The molecule has 1 rings (SSSR count). The number of methoxy groups -OCH3 is 1. The van der Waals surface area contributed by atoms with Gasteiger partial charge in [-0.3, -0.25) is 4.79 Å². The van der Waals surface area contributed by atoms with Crippen molar-refractivity contribution in [3.8, 4) is 11.5 Å². The molecule has 4 heteroatoms. The third kappa shape index (κ3) is 3.03. The molecule has 0 saturated carbocycles. The first-order valence-electron chi connectivity index (χ1n) is 4.86. The van der Waals surface area contributed by atoms with Crippen molar-refractivity contribution in [3.63, 3.8) is 0 Å². The van der Waals surface area contributed by atoms with Crippen LogP contribution >= 0.6 is 12.6 Å². The van der Waals surface area contributed by atoms with E-state index in [-0.39, 0.29) is 5.75 Å². The van der Waals surface area contributed by atoms with Crippen molar-refractivity contribution < 1.29 is 14.6 Å². The van der Waals surface area contributed by atoms with Crippen LogP contribution in [0.15, 0.2) is 18.2 Å². The molecule has 1 aromatic rings. The topological polar surface area (TPSA) is 46.5 Å². The number of carbonyl (C=O) groups excluding carboxylic acids is 1. The van der Waals surface area contributed by atoms with E-state index in [2.05, 4.69) is 12.6 Å². The zero-order valence-corrected chi connectivity index (χ0v) is 9.91. The molecule has 0 atom stereocenters. The average Bonchev–Trinajstić information content (AvgIpc) is 2.31. The first kappa shape index (κ1) is 12.6. The molecule has 0 unspecified atom stereocenters. The van der Waals surface area contributed by atoms with Crippen LogP contribution in [0.1, 0.15) is 22.3 Å². The van der Waals surface area contributed by atoms with Gasteiger partial charge in [0.1, 0.15) is 6.29 Å². The van der Waals surface area contributed by atoms with E-state index in [4.69, 9.17) is 4.74 Å². The Labute approximate surface area is 100 Å². The van der Waals surface area contributed by atoms with Crippen molar-refractivity contribution in [1.82, 2.24) is 0 Å². The smallest absolute Gasteiger partial charge is 0.165 e. The van der Waals surface area contributed by atoms with Gasteiger partial charge in [-0.15, -0.1) is 0 Å². The molecule has 16 heavy (non-hydrogen) atoms. The van der Waals surface area contributed by atoms with Gasteiger partial charge >= 0.3 is 0 Å². The van der Waals surface area contributed by atoms with Gasteiger partial charge in [0.2, 0.25) is 0 Å². The summed E-state index contributed by atoms with van der Waals surface area (Å²) in [5, 5.41) is 9.80. The molecular weight excluding hydrogens is 224 g/mol. The van der Waals surface area contributed by atoms with Crippen molar-refractivity contribution in [3.05, 3.63) is 29.3 Å². The summed E-state index contributed by atoms with van der Waals surface area (Å²) in [6, 6.07) is 3.11. The summed E-state index contributed by atoms with van der Waals surface area (Å²) in [5.74, 6) is 1.08. The second-order valence-corrected chi connectivity index (χ2v) is 3.64. The van der Waals surface area contributed by atoms with Gasteiger partial charge in [-0.05, 0) is 24.3 Å². The lowest BCUT2D eigenvalue weighted by atomic mass is 10.1. The molecule has 0 saturated heterocycles. The summed E-state index contributed by atoms with van der Waals surface area (Å²) < 4.78 is 4.98. The predicted molar refractivity (Wildman–Crippen MR) is 67.6 cm³/mol. The van der Waals surface area contributed by atoms with Crippen LogP contribution in [0.5, 0.6) is 11.5 Å². The Morgan fingerprint density at radius 3 is 2.81 bits per heavy atom. The van der Waals surface area contributed by atoms with Gasteiger partial charge in [0.15, 0.2) is 11.5 Å². The SMILES string of the molecule is COc1cc(C=O)cc(C=CCCS)c1O. The highest BCUT2D eigenvalue weighted by atomic mass is 32.1. The number of benzene rings is 1. The van der Waals surface area contributed by atoms with Crippen LogP contribution in [0.2, 0.25) is 0 Å². The summed E-state index contributed by atoms with van der Waals surface area (Å²) in [7, 11) is 1.45. The van der Waals surface area contributed by atoms with E-state index in [0.29, 0.717) is 16.9 Å². The third-order valence-corrected chi connectivity index (χ3v) is 2.33. The Morgan fingerprint density at radius 1 is 1.50 bits per heavy atom. The summed E-state index contributed by atoms with van der Waals surface area (Å²) in [4.78, 5) is 10.7. The molecule has 1 N–H and O–H groups in total. The molecule has 0 fully saturated rings. The van der Waals surface area contributed by atoms with Crippen LogP contribution < -0.4 is 4.74 Å². The van der Waals surface area contributed by atoms with Gasteiger partial charge in [0.25, 0.3) is 0 Å². The molecular formula is C12H14O3S. The number of hydrogen-bond acceptors (Lipinski definition) is 4. The number of ether oxygens (including phenoxy) is 1. The number of rotatable bonds is 5. The van der Waals surface area contributed by atoms with Crippen LogP contribution in [-0.4, -0.2) is 24.3 Å². The van der Waals surface area contributed by atoms with E-state index >= 15 is 0 Å². The lowest BCUT2D eigenvalue weighted by Crippen LogP contribution is -1.89. The molecule has 0 amide bonds. The normalized spacial score (nSPS) is 10.6. The number of carbonyl (C=O) groups is 1. The summed E-state index contributed by atoms with van der Waals surface area (Å²) in [5.41, 5.74) is 1.04. The zero-order chi connectivity index (χ0) is 12.0. The second kappa shape index (κ2) is 6.23. The second-order valence-electron chi connectivity index (χ2n) is 3.19. The van der Waals surface area contributed by atoms with E-state index in [0.717, 1.165) is 18.5 Å². The summed E-state index contributed by atoms with van der Waals surface area (Å²) in [6.07, 6.45) is 5.16. The van der Waals surface area contributed by atoms with E-state index in [1.54, 1.807) is 12.1 Å². The van der Waals surface area contributed by atoms with Crippen LogP contribution in [0, 0.1) is 0 Å². The highest BCUT2D eigenvalue weighted by molar-refractivity contribution is 7.80. The first-order chi connectivity index (χ1) is 7.72. The Balaban J connectivity index is 3.10. The molecule has 0 aromatic heterocycles. The molecule has 0 radical (unpaired) electrons. The number of phenols is 1. The van der Waals surface area contributed by atoms with Gasteiger partial charge in [-0.1, -0.05) is 12.2 Å². The number of aromatic hydroxyl groups is 1. The molecule has 0 aliphatic carbocycles. The van der Waals surface area contributed by atoms with Crippen molar-refractivity contribution in [2.75, 3.05) is 12.9 Å². The quantitative estimate of drug-likeness (QED) is 0.612. The molecule has 0 heterocycles. The van der Waals surface area contributed by atoms with Gasteiger partial charge in [0, 0.05) is 11.1 Å². The highest BCUT2D eigenvalue weighted by Crippen LogP contribution is 2.31. The Hall–Kier alpha value is -1.42.